The lowest BCUT2D eigenvalue weighted by Gasteiger charge is -2.05. The van der Waals surface area contributed by atoms with Gasteiger partial charge in [0.25, 0.3) is 0 Å². The van der Waals surface area contributed by atoms with Crippen LogP contribution >= 0.6 is 0 Å². The molecule has 3 rings (SSSR count). The fraction of sp³-hybridized carbons (Fsp3) is 0.286. The normalized spacial score (nSPS) is 11.3. The molecule has 19 heavy (non-hydrogen) atoms. The number of nitrogens with two attached hydrogens (primary N) is 1. The molecule has 0 saturated heterocycles. The van der Waals surface area contributed by atoms with Gasteiger partial charge in [0, 0.05) is 24.7 Å². The Morgan fingerprint density at radius 2 is 2.21 bits per heavy atom. The molecular weight excluding hydrogens is 238 g/mol. The highest BCUT2D eigenvalue weighted by atomic mass is 15.3. The minimum absolute atomic E-state index is 0.623. The molecule has 0 aliphatic rings. The Balaban J connectivity index is 2.13. The molecular formula is C14H17N5. The number of imidazole rings is 1. The molecule has 5 nitrogen and oxygen atoms in total. The van der Waals surface area contributed by atoms with Gasteiger partial charge in [0.1, 0.15) is 5.82 Å². The molecule has 1 aromatic carbocycles. The van der Waals surface area contributed by atoms with E-state index in [9.17, 15) is 0 Å². The predicted molar refractivity (Wildman–Crippen MR) is 75.8 cm³/mol. The average Bonchev–Trinajstić information content (AvgIpc) is 2.92. The number of aromatic nitrogens is 4. The number of nitrogens with zero attached hydrogens (tertiary/aromatic N) is 3. The Hall–Kier alpha value is -2.14. The number of rotatable bonds is 3. The summed E-state index contributed by atoms with van der Waals surface area (Å²) in [4.78, 5) is 7.68. The molecule has 0 aliphatic carbocycles. The van der Waals surface area contributed by atoms with Crippen LogP contribution in [0.2, 0.25) is 0 Å². The second kappa shape index (κ2) is 4.51. The van der Waals surface area contributed by atoms with Crippen LogP contribution in [0.5, 0.6) is 0 Å². The van der Waals surface area contributed by atoms with E-state index in [0.29, 0.717) is 6.54 Å². The summed E-state index contributed by atoms with van der Waals surface area (Å²) in [6, 6.07) is 6.24. The zero-order valence-electron chi connectivity index (χ0n) is 11.1. The van der Waals surface area contributed by atoms with Crippen LogP contribution in [0.4, 0.5) is 0 Å². The number of fused-ring (bicyclic) bond motifs is 1. The second-order valence-corrected chi connectivity index (χ2v) is 4.72. The van der Waals surface area contributed by atoms with E-state index in [-0.39, 0.29) is 0 Å². The van der Waals surface area contributed by atoms with Gasteiger partial charge in [-0.15, -0.1) is 0 Å². The summed E-state index contributed by atoms with van der Waals surface area (Å²) in [7, 11) is 1.95. The van der Waals surface area contributed by atoms with Crippen molar-refractivity contribution in [3.05, 3.63) is 35.9 Å². The van der Waals surface area contributed by atoms with Gasteiger partial charge < -0.3 is 10.7 Å². The summed E-state index contributed by atoms with van der Waals surface area (Å²) in [5.74, 6) is 0.931. The first-order chi connectivity index (χ1) is 9.19. The first kappa shape index (κ1) is 11.9. The number of benzene rings is 1. The molecule has 2 aromatic heterocycles. The number of nitrogens with one attached hydrogen (secondary N) is 1. The summed E-state index contributed by atoms with van der Waals surface area (Å²) >= 11 is 0. The zero-order chi connectivity index (χ0) is 13.4. The number of aromatic amines is 1. The first-order valence-electron chi connectivity index (χ1n) is 6.36. The largest absolute Gasteiger partial charge is 0.342 e. The minimum Gasteiger partial charge on any atom is -0.342 e. The molecule has 5 heteroatoms. The molecule has 0 radical (unpaired) electrons. The van der Waals surface area contributed by atoms with E-state index in [1.165, 1.54) is 0 Å². The molecule has 3 N–H and O–H groups in total. The third-order valence-corrected chi connectivity index (χ3v) is 3.35. The van der Waals surface area contributed by atoms with Gasteiger partial charge in [-0.05, 0) is 31.2 Å². The number of hydrogen-bond acceptors (Lipinski definition) is 3. The van der Waals surface area contributed by atoms with Crippen LogP contribution in [0.25, 0.3) is 22.2 Å². The van der Waals surface area contributed by atoms with E-state index < -0.39 is 0 Å². The molecule has 0 aliphatic heterocycles. The van der Waals surface area contributed by atoms with Gasteiger partial charge in [0.2, 0.25) is 0 Å². The monoisotopic (exact) mass is 255 g/mol. The van der Waals surface area contributed by atoms with Crippen molar-refractivity contribution in [3.8, 4) is 11.1 Å². The van der Waals surface area contributed by atoms with E-state index in [2.05, 4.69) is 27.2 Å². The lowest BCUT2D eigenvalue weighted by molar-refractivity contribution is 0.707. The SMILES string of the molecule is Cc1nc2ccc(-c3cnn(C)c3CCN)cc2[nH]1. The molecule has 98 valence electrons. The van der Waals surface area contributed by atoms with Crippen molar-refractivity contribution in [2.24, 2.45) is 12.8 Å². The third kappa shape index (κ3) is 2.02. The molecule has 0 amide bonds. The lowest BCUT2D eigenvalue weighted by atomic mass is 10.0. The molecule has 3 aromatic rings. The van der Waals surface area contributed by atoms with Gasteiger partial charge in [0.05, 0.1) is 17.2 Å². The van der Waals surface area contributed by atoms with Gasteiger partial charge in [-0.2, -0.15) is 5.10 Å². The summed E-state index contributed by atoms with van der Waals surface area (Å²) in [6.07, 6.45) is 2.72. The summed E-state index contributed by atoms with van der Waals surface area (Å²) in [6.45, 7) is 2.58. The predicted octanol–water partition coefficient (Wildman–Crippen LogP) is 1.77. The Kier molecular flexibility index (Phi) is 2.83. The van der Waals surface area contributed by atoms with Crippen molar-refractivity contribution in [2.75, 3.05) is 6.54 Å². The van der Waals surface area contributed by atoms with Crippen molar-refractivity contribution in [2.45, 2.75) is 13.3 Å². The van der Waals surface area contributed by atoms with Gasteiger partial charge in [0.15, 0.2) is 0 Å². The second-order valence-electron chi connectivity index (χ2n) is 4.72. The molecule has 0 spiro atoms. The highest BCUT2D eigenvalue weighted by molar-refractivity contribution is 5.82. The Bertz CT molecular complexity index is 723. The topological polar surface area (TPSA) is 72.5 Å². The highest BCUT2D eigenvalue weighted by Gasteiger charge is 2.11. The van der Waals surface area contributed by atoms with E-state index in [4.69, 9.17) is 5.73 Å². The van der Waals surface area contributed by atoms with Crippen LogP contribution in [0.3, 0.4) is 0 Å². The molecule has 0 saturated carbocycles. The zero-order valence-corrected chi connectivity index (χ0v) is 11.1. The Morgan fingerprint density at radius 3 is 3.00 bits per heavy atom. The van der Waals surface area contributed by atoms with Gasteiger partial charge in [-0.25, -0.2) is 4.98 Å². The van der Waals surface area contributed by atoms with E-state index in [1.807, 2.05) is 30.9 Å². The molecule has 2 heterocycles. The van der Waals surface area contributed by atoms with Crippen molar-refractivity contribution >= 4 is 11.0 Å². The van der Waals surface area contributed by atoms with E-state index in [1.54, 1.807) is 0 Å². The quantitative estimate of drug-likeness (QED) is 0.749. The molecule has 0 fully saturated rings. The third-order valence-electron chi connectivity index (χ3n) is 3.35. The van der Waals surface area contributed by atoms with Crippen LogP contribution in [0, 0.1) is 6.92 Å². The van der Waals surface area contributed by atoms with Gasteiger partial charge in [-0.3, -0.25) is 4.68 Å². The summed E-state index contributed by atoms with van der Waals surface area (Å²) in [5.41, 5.74) is 11.2. The maximum Gasteiger partial charge on any atom is 0.104 e. The standard InChI is InChI=1S/C14H17N5/c1-9-17-12-4-3-10(7-13(12)18-9)11-8-16-19(2)14(11)5-6-15/h3-4,7-8H,5-6,15H2,1-2H3,(H,17,18). The van der Waals surface area contributed by atoms with Crippen LogP contribution < -0.4 is 5.73 Å². The Labute approximate surface area is 111 Å². The first-order valence-corrected chi connectivity index (χ1v) is 6.36. The van der Waals surface area contributed by atoms with E-state index in [0.717, 1.165) is 40.1 Å². The molecule has 0 unspecified atom stereocenters. The smallest absolute Gasteiger partial charge is 0.104 e. The van der Waals surface area contributed by atoms with Crippen LogP contribution in [0.1, 0.15) is 11.5 Å². The minimum atomic E-state index is 0.623. The Morgan fingerprint density at radius 1 is 1.37 bits per heavy atom. The van der Waals surface area contributed by atoms with Crippen molar-refractivity contribution in [1.29, 1.82) is 0 Å². The van der Waals surface area contributed by atoms with Crippen LogP contribution in [0.15, 0.2) is 24.4 Å². The maximum atomic E-state index is 5.67. The van der Waals surface area contributed by atoms with Gasteiger partial charge in [-0.1, -0.05) is 6.07 Å². The van der Waals surface area contributed by atoms with E-state index >= 15 is 0 Å². The van der Waals surface area contributed by atoms with Crippen molar-refractivity contribution < 1.29 is 0 Å². The van der Waals surface area contributed by atoms with Crippen molar-refractivity contribution in [3.63, 3.8) is 0 Å². The lowest BCUT2D eigenvalue weighted by Crippen LogP contribution is -2.08. The maximum absolute atomic E-state index is 5.67. The number of aryl methyl sites for hydroxylation is 2. The fourth-order valence-electron chi connectivity index (χ4n) is 2.44. The molecule has 0 atom stereocenters. The summed E-state index contributed by atoms with van der Waals surface area (Å²) < 4.78 is 1.89. The molecule has 0 bridgehead atoms. The van der Waals surface area contributed by atoms with Crippen LogP contribution in [-0.4, -0.2) is 26.3 Å². The van der Waals surface area contributed by atoms with Crippen molar-refractivity contribution in [1.82, 2.24) is 19.7 Å². The highest BCUT2D eigenvalue weighted by Crippen LogP contribution is 2.26. The fourth-order valence-corrected chi connectivity index (χ4v) is 2.44. The van der Waals surface area contributed by atoms with Crippen LogP contribution in [-0.2, 0) is 13.5 Å². The number of hydrogen-bond donors (Lipinski definition) is 2. The number of H-pyrrole nitrogens is 1. The van der Waals surface area contributed by atoms with Gasteiger partial charge >= 0.3 is 0 Å². The summed E-state index contributed by atoms with van der Waals surface area (Å²) in [5, 5.41) is 4.33. The average molecular weight is 255 g/mol.